The second-order valence-electron chi connectivity index (χ2n) is 4.07. The van der Waals surface area contributed by atoms with Gasteiger partial charge >= 0.3 is 0 Å². The summed E-state index contributed by atoms with van der Waals surface area (Å²) in [4.78, 5) is 10.6. The number of hydrogen-bond acceptors (Lipinski definition) is 3. The fourth-order valence-electron chi connectivity index (χ4n) is 1.82. The van der Waals surface area contributed by atoms with Crippen LogP contribution in [-0.2, 0) is 6.54 Å². The zero-order valence-corrected chi connectivity index (χ0v) is 10.1. The van der Waals surface area contributed by atoms with E-state index in [0.717, 1.165) is 11.1 Å². The van der Waals surface area contributed by atoms with Gasteiger partial charge in [-0.1, -0.05) is 42.5 Å². The van der Waals surface area contributed by atoms with E-state index >= 15 is 0 Å². The molecule has 18 heavy (non-hydrogen) atoms. The first-order valence-electron chi connectivity index (χ1n) is 5.70. The molecule has 2 aromatic rings. The van der Waals surface area contributed by atoms with Crippen molar-refractivity contribution in [3.8, 4) is 0 Å². The SMILES string of the molecule is Cc1cccc([N+](=O)[O-])c1NCc1ccccc1. The molecule has 0 aliphatic heterocycles. The van der Waals surface area contributed by atoms with E-state index in [4.69, 9.17) is 0 Å². The second-order valence-corrected chi connectivity index (χ2v) is 4.07. The van der Waals surface area contributed by atoms with Crippen LogP contribution < -0.4 is 5.32 Å². The predicted molar refractivity (Wildman–Crippen MR) is 71.6 cm³/mol. The minimum atomic E-state index is -0.361. The Labute approximate surface area is 105 Å². The van der Waals surface area contributed by atoms with E-state index in [1.54, 1.807) is 6.07 Å². The van der Waals surface area contributed by atoms with Gasteiger partial charge in [-0.25, -0.2) is 0 Å². The molecule has 4 nitrogen and oxygen atoms in total. The summed E-state index contributed by atoms with van der Waals surface area (Å²) in [6, 6.07) is 14.9. The highest BCUT2D eigenvalue weighted by molar-refractivity contribution is 5.66. The molecule has 1 N–H and O–H groups in total. The fraction of sp³-hybridized carbons (Fsp3) is 0.143. The van der Waals surface area contributed by atoms with Gasteiger partial charge in [0.1, 0.15) is 5.69 Å². The van der Waals surface area contributed by atoms with Crippen LogP contribution in [0.3, 0.4) is 0 Å². The first-order chi connectivity index (χ1) is 8.68. The largest absolute Gasteiger partial charge is 0.375 e. The van der Waals surface area contributed by atoms with E-state index in [1.807, 2.05) is 43.3 Å². The van der Waals surface area contributed by atoms with E-state index in [-0.39, 0.29) is 10.6 Å². The molecule has 0 saturated heterocycles. The lowest BCUT2D eigenvalue weighted by molar-refractivity contribution is -0.384. The molecule has 0 saturated carbocycles. The Morgan fingerprint density at radius 3 is 2.50 bits per heavy atom. The molecule has 0 fully saturated rings. The Morgan fingerprint density at radius 2 is 1.83 bits per heavy atom. The van der Waals surface area contributed by atoms with Crippen molar-refractivity contribution in [2.24, 2.45) is 0 Å². The van der Waals surface area contributed by atoms with Crippen LogP contribution in [-0.4, -0.2) is 4.92 Å². The molecule has 0 radical (unpaired) electrons. The Bertz CT molecular complexity index is 553. The number of nitrogens with one attached hydrogen (secondary N) is 1. The Kier molecular flexibility index (Phi) is 3.57. The number of benzene rings is 2. The summed E-state index contributed by atoms with van der Waals surface area (Å²) in [6.07, 6.45) is 0. The summed E-state index contributed by atoms with van der Waals surface area (Å²) >= 11 is 0. The maximum atomic E-state index is 11.0. The monoisotopic (exact) mass is 242 g/mol. The minimum Gasteiger partial charge on any atom is -0.375 e. The number of nitrogens with zero attached hydrogens (tertiary/aromatic N) is 1. The van der Waals surface area contributed by atoms with Crippen LogP contribution in [0.4, 0.5) is 11.4 Å². The standard InChI is InChI=1S/C14H14N2O2/c1-11-6-5-9-13(16(17)18)14(11)15-10-12-7-3-2-4-8-12/h2-9,15H,10H2,1H3. The number of aryl methyl sites for hydroxylation is 1. The Hall–Kier alpha value is -2.36. The van der Waals surface area contributed by atoms with Gasteiger partial charge < -0.3 is 5.32 Å². The van der Waals surface area contributed by atoms with Crippen molar-refractivity contribution in [1.82, 2.24) is 0 Å². The van der Waals surface area contributed by atoms with Gasteiger partial charge in [-0.15, -0.1) is 0 Å². The normalized spacial score (nSPS) is 10.1. The number of hydrogen-bond donors (Lipinski definition) is 1. The first kappa shape index (κ1) is 12.1. The number of anilines is 1. The van der Waals surface area contributed by atoms with Crippen LogP contribution in [0.1, 0.15) is 11.1 Å². The number of nitro groups is 1. The lowest BCUT2D eigenvalue weighted by Crippen LogP contribution is -2.04. The summed E-state index contributed by atoms with van der Waals surface area (Å²) < 4.78 is 0. The van der Waals surface area contributed by atoms with Crippen LogP contribution in [0.5, 0.6) is 0 Å². The topological polar surface area (TPSA) is 55.2 Å². The molecule has 0 heterocycles. The summed E-state index contributed by atoms with van der Waals surface area (Å²) in [5.41, 5.74) is 2.67. The predicted octanol–water partition coefficient (Wildman–Crippen LogP) is 3.52. The molecule has 0 aliphatic rings. The zero-order chi connectivity index (χ0) is 13.0. The average Bonchev–Trinajstić information content (AvgIpc) is 2.38. The molecular formula is C14H14N2O2. The van der Waals surface area contributed by atoms with Crippen molar-refractivity contribution in [2.45, 2.75) is 13.5 Å². The van der Waals surface area contributed by atoms with Crippen molar-refractivity contribution in [3.63, 3.8) is 0 Å². The van der Waals surface area contributed by atoms with Crippen molar-refractivity contribution in [3.05, 3.63) is 69.8 Å². The number of nitro benzene ring substituents is 1. The summed E-state index contributed by atoms with van der Waals surface area (Å²) in [5.74, 6) is 0. The molecule has 0 aromatic heterocycles. The third kappa shape index (κ3) is 2.66. The highest BCUT2D eigenvalue weighted by atomic mass is 16.6. The van der Waals surface area contributed by atoms with E-state index < -0.39 is 0 Å². The van der Waals surface area contributed by atoms with Crippen LogP contribution in [0, 0.1) is 17.0 Å². The molecule has 92 valence electrons. The maximum Gasteiger partial charge on any atom is 0.292 e. The molecule has 0 atom stereocenters. The Morgan fingerprint density at radius 1 is 1.11 bits per heavy atom. The van der Waals surface area contributed by atoms with Crippen molar-refractivity contribution >= 4 is 11.4 Å². The molecule has 0 amide bonds. The van der Waals surface area contributed by atoms with Gasteiger partial charge in [0.15, 0.2) is 0 Å². The van der Waals surface area contributed by atoms with Crippen LogP contribution in [0.15, 0.2) is 48.5 Å². The molecule has 0 aliphatic carbocycles. The molecule has 0 bridgehead atoms. The van der Waals surface area contributed by atoms with E-state index in [9.17, 15) is 10.1 Å². The van der Waals surface area contributed by atoms with Crippen molar-refractivity contribution < 1.29 is 4.92 Å². The third-order valence-electron chi connectivity index (χ3n) is 2.76. The smallest absolute Gasteiger partial charge is 0.292 e. The highest BCUT2D eigenvalue weighted by Gasteiger charge is 2.14. The van der Waals surface area contributed by atoms with E-state index in [2.05, 4.69) is 5.32 Å². The van der Waals surface area contributed by atoms with Crippen molar-refractivity contribution in [1.29, 1.82) is 0 Å². The fourth-order valence-corrected chi connectivity index (χ4v) is 1.82. The van der Waals surface area contributed by atoms with Crippen molar-refractivity contribution in [2.75, 3.05) is 5.32 Å². The molecule has 2 rings (SSSR count). The van der Waals surface area contributed by atoms with Gasteiger partial charge in [-0.05, 0) is 18.1 Å². The van der Waals surface area contributed by atoms with Gasteiger partial charge in [0.2, 0.25) is 0 Å². The molecule has 4 heteroatoms. The molecular weight excluding hydrogens is 228 g/mol. The lowest BCUT2D eigenvalue weighted by atomic mass is 10.1. The van der Waals surface area contributed by atoms with Crippen LogP contribution >= 0.6 is 0 Å². The lowest BCUT2D eigenvalue weighted by Gasteiger charge is -2.09. The first-order valence-corrected chi connectivity index (χ1v) is 5.70. The molecule has 2 aromatic carbocycles. The second kappa shape index (κ2) is 5.31. The number of para-hydroxylation sites is 1. The van der Waals surface area contributed by atoms with Gasteiger partial charge in [-0.3, -0.25) is 10.1 Å². The van der Waals surface area contributed by atoms with E-state index in [0.29, 0.717) is 12.2 Å². The minimum absolute atomic E-state index is 0.117. The third-order valence-corrected chi connectivity index (χ3v) is 2.76. The number of rotatable bonds is 4. The summed E-state index contributed by atoms with van der Waals surface area (Å²) in [6.45, 7) is 2.44. The van der Waals surface area contributed by atoms with Gasteiger partial charge in [0.05, 0.1) is 4.92 Å². The quantitative estimate of drug-likeness (QED) is 0.659. The maximum absolute atomic E-state index is 11.0. The van der Waals surface area contributed by atoms with Crippen LogP contribution in [0.25, 0.3) is 0 Å². The van der Waals surface area contributed by atoms with Gasteiger partial charge in [0.25, 0.3) is 5.69 Å². The Balaban J connectivity index is 2.21. The summed E-state index contributed by atoms with van der Waals surface area (Å²) in [5, 5.41) is 14.1. The molecule has 0 unspecified atom stereocenters. The average molecular weight is 242 g/mol. The van der Waals surface area contributed by atoms with Gasteiger partial charge in [-0.2, -0.15) is 0 Å². The molecule has 0 spiro atoms. The zero-order valence-electron chi connectivity index (χ0n) is 10.1. The van der Waals surface area contributed by atoms with Gasteiger partial charge in [0, 0.05) is 12.6 Å². The van der Waals surface area contributed by atoms with Crippen LogP contribution in [0.2, 0.25) is 0 Å². The highest BCUT2D eigenvalue weighted by Crippen LogP contribution is 2.27. The van der Waals surface area contributed by atoms with E-state index in [1.165, 1.54) is 6.07 Å². The summed E-state index contributed by atoms with van der Waals surface area (Å²) in [7, 11) is 0.